The summed E-state index contributed by atoms with van der Waals surface area (Å²) in [4.78, 5) is 26.5. The van der Waals surface area contributed by atoms with Crippen molar-refractivity contribution in [1.82, 2.24) is 4.98 Å². The van der Waals surface area contributed by atoms with Crippen molar-refractivity contribution in [2.75, 3.05) is 5.73 Å². The molecule has 1 aromatic rings. The summed E-state index contributed by atoms with van der Waals surface area (Å²) in [7, 11) is 0. The number of pyridine rings is 1. The lowest BCUT2D eigenvalue weighted by Gasteiger charge is -2.42. The van der Waals surface area contributed by atoms with Crippen LogP contribution in [0.3, 0.4) is 0 Å². The zero-order valence-electron chi connectivity index (χ0n) is 13.3. The van der Waals surface area contributed by atoms with Crippen LogP contribution < -0.4 is 5.73 Å². The normalized spacial score (nSPS) is 30.0. The lowest BCUT2D eigenvalue weighted by atomic mass is 9.74. The number of hydrogen-bond acceptors (Lipinski definition) is 5. The zero-order chi connectivity index (χ0) is 17.3. The first kappa shape index (κ1) is 16.7. The fourth-order valence-electron chi connectivity index (χ4n) is 3.80. The summed E-state index contributed by atoms with van der Waals surface area (Å²) < 4.78 is 6.24. The number of ether oxygens (including phenoxy) is 1. The molecule has 0 unspecified atom stereocenters. The topological polar surface area (TPSA) is 123 Å². The van der Waals surface area contributed by atoms with Crippen LogP contribution >= 0.6 is 0 Å². The summed E-state index contributed by atoms with van der Waals surface area (Å²) in [6.45, 7) is 0. The largest absolute Gasteiger partial charge is 0.481 e. The first-order chi connectivity index (χ1) is 11.5. The van der Waals surface area contributed by atoms with Gasteiger partial charge in [0, 0.05) is 18.2 Å². The van der Waals surface area contributed by atoms with E-state index in [1.54, 1.807) is 18.5 Å². The molecule has 4 N–H and O–H groups in total. The molecule has 2 heterocycles. The number of nitrogens with two attached hydrogens (primary N) is 1. The van der Waals surface area contributed by atoms with Crippen LogP contribution in [0.4, 0.5) is 5.69 Å². The molecule has 0 aromatic carbocycles. The molecule has 1 aromatic heterocycles. The van der Waals surface area contributed by atoms with Crippen molar-refractivity contribution >= 4 is 17.6 Å². The standard InChI is InChI=1S/C17H22N2O5/c18-13-8-19-4-3-11(13)14-5-10(6-15(20)21)12(7-16(22)23)17(24-14)9-1-2-9/h3-4,8-10,12,14,17H,1-2,5-7,18H2,(H,20,21)(H,22,23)/t10-,12+,14-,17-/m0/s1. The van der Waals surface area contributed by atoms with Gasteiger partial charge in [0.25, 0.3) is 0 Å². The molecule has 1 aliphatic heterocycles. The Labute approximate surface area is 139 Å². The number of carboxylic acids is 2. The number of aliphatic carboxylic acids is 2. The molecule has 1 saturated heterocycles. The Hall–Kier alpha value is -2.15. The molecule has 7 heteroatoms. The minimum Gasteiger partial charge on any atom is -0.481 e. The van der Waals surface area contributed by atoms with E-state index in [0.717, 1.165) is 18.4 Å². The van der Waals surface area contributed by atoms with Crippen molar-refractivity contribution in [1.29, 1.82) is 0 Å². The van der Waals surface area contributed by atoms with E-state index in [4.69, 9.17) is 10.5 Å². The van der Waals surface area contributed by atoms with Crippen LogP contribution in [0, 0.1) is 17.8 Å². The van der Waals surface area contributed by atoms with Gasteiger partial charge in [0.2, 0.25) is 0 Å². The Morgan fingerprint density at radius 2 is 1.96 bits per heavy atom. The van der Waals surface area contributed by atoms with E-state index in [1.165, 1.54) is 0 Å². The molecule has 1 saturated carbocycles. The van der Waals surface area contributed by atoms with Gasteiger partial charge < -0.3 is 20.7 Å². The van der Waals surface area contributed by atoms with Crippen molar-refractivity contribution < 1.29 is 24.5 Å². The molecule has 0 amide bonds. The minimum atomic E-state index is -0.911. The maximum absolute atomic E-state index is 11.3. The second-order valence-corrected chi connectivity index (χ2v) is 6.79. The van der Waals surface area contributed by atoms with Gasteiger partial charge in [0.15, 0.2) is 0 Å². The Bertz CT molecular complexity index is 631. The van der Waals surface area contributed by atoms with Crippen molar-refractivity contribution in [3.63, 3.8) is 0 Å². The van der Waals surface area contributed by atoms with Crippen LogP contribution in [0.25, 0.3) is 0 Å². The highest BCUT2D eigenvalue weighted by molar-refractivity contribution is 5.69. The average Bonchev–Trinajstić information content (AvgIpc) is 3.33. The van der Waals surface area contributed by atoms with Crippen LogP contribution in [0.1, 0.15) is 43.8 Å². The van der Waals surface area contributed by atoms with Crippen LogP contribution in [0.5, 0.6) is 0 Å². The summed E-state index contributed by atoms with van der Waals surface area (Å²) in [5.41, 5.74) is 7.32. The maximum Gasteiger partial charge on any atom is 0.303 e. The monoisotopic (exact) mass is 334 g/mol. The molecule has 2 fully saturated rings. The van der Waals surface area contributed by atoms with Gasteiger partial charge in [-0.05, 0) is 43.1 Å². The van der Waals surface area contributed by atoms with E-state index < -0.39 is 11.9 Å². The lowest BCUT2D eigenvalue weighted by molar-refractivity contribution is -0.157. The van der Waals surface area contributed by atoms with Gasteiger partial charge in [-0.15, -0.1) is 0 Å². The van der Waals surface area contributed by atoms with Gasteiger partial charge in [-0.2, -0.15) is 0 Å². The number of nitrogens with zero attached hydrogens (tertiary/aromatic N) is 1. The highest BCUT2D eigenvalue weighted by atomic mass is 16.5. The predicted octanol–water partition coefficient (Wildman–Crippen LogP) is 2.09. The number of anilines is 1. The third-order valence-corrected chi connectivity index (χ3v) is 5.03. The molecular formula is C17H22N2O5. The van der Waals surface area contributed by atoms with Gasteiger partial charge in [-0.25, -0.2) is 0 Å². The van der Waals surface area contributed by atoms with Gasteiger partial charge in [0.05, 0.1) is 30.5 Å². The molecule has 7 nitrogen and oxygen atoms in total. The van der Waals surface area contributed by atoms with Gasteiger partial charge in [-0.3, -0.25) is 14.6 Å². The van der Waals surface area contributed by atoms with Crippen molar-refractivity contribution in [3.05, 3.63) is 24.0 Å². The van der Waals surface area contributed by atoms with E-state index in [-0.39, 0.29) is 36.9 Å². The Morgan fingerprint density at radius 1 is 1.25 bits per heavy atom. The highest BCUT2D eigenvalue weighted by Crippen LogP contribution is 2.50. The molecule has 3 rings (SSSR count). The lowest BCUT2D eigenvalue weighted by Crippen LogP contribution is -2.41. The molecule has 1 aliphatic carbocycles. The molecular weight excluding hydrogens is 312 g/mol. The third-order valence-electron chi connectivity index (χ3n) is 5.03. The third kappa shape index (κ3) is 3.67. The second kappa shape index (κ2) is 6.76. The number of carbonyl (C=O) groups is 2. The first-order valence-electron chi connectivity index (χ1n) is 8.24. The Morgan fingerprint density at radius 3 is 2.54 bits per heavy atom. The quantitative estimate of drug-likeness (QED) is 0.728. The maximum atomic E-state index is 11.3. The summed E-state index contributed by atoms with van der Waals surface area (Å²) in [6, 6.07) is 1.79. The van der Waals surface area contributed by atoms with Crippen molar-refractivity contribution in [2.45, 2.75) is 44.3 Å². The molecule has 24 heavy (non-hydrogen) atoms. The van der Waals surface area contributed by atoms with Gasteiger partial charge in [-0.1, -0.05) is 0 Å². The molecule has 0 bridgehead atoms. The van der Waals surface area contributed by atoms with E-state index in [0.29, 0.717) is 18.0 Å². The van der Waals surface area contributed by atoms with Crippen LogP contribution in [0.15, 0.2) is 18.5 Å². The molecule has 4 atom stereocenters. The zero-order valence-corrected chi connectivity index (χ0v) is 13.3. The SMILES string of the molecule is Nc1cnccc1[C@@H]1C[C@@H](CC(=O)O)[C@@H](CC(=O)O)[C@H](C2CC2)O1. The van der Waals surface area contributed by atoms with E-state index >= 15 is 0 Å². The smallest absolute Gasteiger partial charge is 0.303 e. The predicted molar refractivity (Wildman–Crippen MR) is 85.1 cm³/mol. The number of nitrogen functional groups attached to an aromatic ring is 1. The molecule has 0 spiro atoms. The summed E-state index contributed by atoms with van der Waals surface area (Å²) in [5, 5.41) is 18.5. The Balaban J connectivity index is 1.88. The number of carboxylic acid groups (broad SMARTS) is 2. The van der Waals surface area contributed by atoms with Gasteiger partial charge >= 0.3 is 11.9 Å². The average molecular weight is 334 g/mol. The first-order valence-corrected chi connectivity index (χ1v) is 8.24. The van der Waals surface area contributed by atoms with Crippen LogP contribution in [0.2, 0.25) is 0 Å². The molecule has 2 aliphatic rings. The minimum absolute atomic E-state index is 0.0496. The number of aromatic nitrogens is 1. The molecule has 0 radical (unpaired) electrons. The van der Waals surface area contributed by atoms with E-state index in [2.05, 4.69) is 4.98 Å². The fraction of sp³-hybridized carbons (Fsp3) is 0.588. The Kier molecular flexibility index (Phi) is 4.71. The van der Waals surface area contributed by atoms with Crippen molar-refractivity contribution in [2.24, 2.45) is 17.8 Å². The van der Waals surface area contributed by atoms with E-state index in [1.807, 2.05) is 0 Å². The highest BCUT2D eigenvalue weighted by Gasteiger charge is 2.47. The number of hydrogen-bond donors (Lipinski definition) is 3. The van der Waals surface area contributed by atoms with E-state index in [9.17, 15) is 19.8 Å². The summed E-state index contributed by atoms with van der Waals surface area (Å²) in [5.74, 6) is -2.02. The summed E-state index contributed by atoms with van der Waals surface area (Å²) in [6.07, 6.45) is 5.01. The second-order valence-electron chi connectivity index (χ2n) is 6.79. The van der Waals surface area contributed by atoms with Crippen LogP contribution in [-0.2, 0) is 14.3 Å². The fourth-order valence-corrected chi connectivity index (χ4v) is 3.80. The van der Waals surface area contributed by atoms with Crippen molar-refractivity contribution in [3.8, 4) is 0 Å². The van der Waals surface area contributed by atoms with Crippen LogP contribution in [-0.4, -0.2) is 33.2 Å². The summed E-state index contributed by atoms with van der Waals surface area (Å²) >= 11 is 0. The number of rotatable bonds is 6. The molecule has 130 valence electrons. The van der Waals surface area contributed by atoms with Gasteiger partial charge in [0.1, 0.15) is 0 Å².